The zero-order chi connectivity index (χ0) is 37.7. The molecule has 0 bridgehead atoms. The average molecular weight is 749 g/mol. The van der Waals surface area contributed by atoms with Crippen molar-refractivity contribution in [2.75, 3.05) is 52.5 Å². The molecule has 0 spiro atoms. The van der Waals surface area contributed by atoms with Gasteiger partial charge < -0.3 is 14.4 Å². The highest BCUT2D eigenvalue weighted by Crippen LogP contribution is 2.67. The lowest BCUT2D eigenvalue weighted by molar-refractivity contribution is -0.170. The molecule has 4 saturated carbocycles. The second-order valence-electron chi connectivity index (χ2n) is 17.5. The second kappa shape index (κ2) is 15.0. The van der Waals surface area contributed by atoms with Crippen LogP contribution in [0.5, 0.6) is 0 Å². The van der Waals surface area contributed by atoms with Crippen LogP contribution in [0, 0.1) is 40.3 Å². The number of carbonyl (C=O) groups is 1. The molecule has 8 nitrogen and oxygen atoms in total. The molecule has 1 saturated heterocycles. The number of hydrogen-bond acceptors (Lipinski definition) is 6. The minimum atomic E-state index is -2.48. The Balaban J connectivity index is 0.763. The number of amides is 1. The van der Waals surface area contributed by atoms with Crippen molar-refractivity contribution in [3.63, 3.8) is 0 Å². The predicted octanol–water partition coefficient (Wildman–Crippen LogP) is 7.49. The maximum absolute atomic E-state index is 15.0. The third-order valence-corrected chi connectivity index (χ3v) is 14.7. The summed E-state index contributed by atoms with van der Waals surface area (Å²) in [5, 5.41) is 8.05. The van der Waals surface area contributed by atoms with Crippen LogP contribution in [0.3, 0.4) is 0 Å². The summed E-state index contributed by atoms with van der Waals surface area (Å²) < 4.78 is 56.2. The largest absolute Gasteiger partial charge is 0.378 e. The summed E-state index contributed by atoms with van der Waals surface area (Å²) in [6.07, 6.45) is 7.96. The zero-order valence-corrected chi connectivity index (χ0v) is 31.8. The molecule has 0 radical (unpaired) electrons. The van der Waals surface area contributed by atoms with Gasteiger partial charge in [-0.2, -0.15) is 5.10 Å². The van der Waals surface area contributed by atoms with E-state index in [2.05, 4.69) is 28.9 Å². The lowest BCUT2D eigenvalue weighted by Gasteiger charge is -2.61. The molecule has 1 amide bonds. The fourth-order valence-electron chi connectivity index (χ4n) is 11.6. The molecule has 3 aromatic rings. The van der Waals surface area contributed by atoms with Crippen LogP contribution in [-0.2, 0) is 15.9 Å². The van der Waals surface area contributed by atoms with E-state index in [9.17, 15) is 22.8 Å². The first kappa shape index (κ1) is 37.6. The number of nitrogens with one attached hydrogen (secondary N) is 1. The van der Waals surface area contributed by atoms with Crippen LogP contribution < -0.4 is 5.56 Å². The predicted molar refractivity (Wildman–Crippen MR) is 201 cm³/mol. The number of fused-ring (bicyclic) bond motifs is 6. The Morgan fingerprint density at radius 3 is 2.48 bits per heavy atom. The molecule has 8 rings (SSSR count). The Bertz CT molecular complexity index is 1900. The molecule has 1 aromatic heterocycles. The van der Waals surface area contributed by atoms with Crippen molar-refractivity contribution in [2.24, 2.45) is 34.5 Å². The average Bonchev–Trinajstić information content (AvgIpc) is 3.51. The third-order valence-electron chi connectivity index (χ3n) is 14.7. The van der Waals surface area contributed by atoms with E-state index in [0.29, 0.717) is 87.7 Å². The quantitative estimate of drug-likeness (QED) is 0.217. The SMILES string of the molecule is CC12CCC(F)(F)C[C@H]1CC[C@H]1[C@H]2CC[C@]2(C)[C@@H]1CC[C@H]2OCCOCCN1CCN(C(=O)c2cc(Cc3n[nH]c(=O)c4ccccc34)ccc2F)CC1. The lowest BCUT2D eigenvalue weighted by atomic mass is 9.45. The summed E-state index contributed by atoms with van der Waals surface area (Å²) in [6.45, 7) is 9.59. The van der Waals surface area contributed by atoms with Gasteiger partial charge in [-0.3, -0.25) is 14.5 Å². The van der Waals surface area contributed by atoms with Gasteiger partial charge in [-0.1, -0.05) is 38.1 Å². The fraction of sp³-hybridized carbons (Fsp3) is 0.651. The number of piperazine rings is 1. The van der Waals surface area contributed by atoms with Crippen LogP contribution in [0.25, 0.3) is 10.8 Å². The Morgan fingerprint density at radius 1 is 0.889 bits per heavy atom. The maximum atomic E-state index is 15.0. The molecule has 2 heterocycles. The highest BCUT2D eigenvalue weighted by molar-refractivity contribution is 5.95. The molecule has 292 valence electrons. The van der Waals surface area contributed by atoms with Gasteiger partial charge >= 0.3 is 0 Å². The van der Waals surface area contributed by atoms with Crippen molar-refractivity contribution < 1.29 is 27.4 Å². The Labute approximate surface area is 316 Å². The number of H-pyrrole nitrogens is 1. The summed E-state index contributed by atoms with van der Waals surface area (Å²) >= 11 is 0. The number of rotatable bonds is 10. The van der Waals surface area contributed by atoms with Crippen molar-refractivity contribution in [2.45, 2.75) is 90.1 Å². The van der Waals surface area contributed by atoms with Gasteiger partial charge in [0.1, 0.15) is 5.82 Å². The number of alkyl halides is 2. The number of benzene rings is 2. The highest BCUT2D eigenvalue weighted by Gasteiger charge is 2.62. The molecule has 1 unspecified atom stereocenters. The molecule has 5 fully saturated rings. The van der Waals surface area contributed by atoms with Crippen LogP contribution >= 0.6 is 0 Å². The van der Waals surface area contributed by atoms with Crippen LogP contribution in [-0.4, -0.2) is 90.5 Å². The lowest BCUT2D eigenvalue weighted by Crippen LogP contribution is -2.55. The molecular weight excluding hydrogens is 693 g/mol. The summed E-state index contributed by atoms with van der Waals surface area (Å²) in [5.74, 6) is -1.37. The van der Waals surface area contributed by atoms with E-state index >= 15 is 0 Å². The number of hydrogen-bond donors (Lipinski definition) is 1. The van der Waals surface area contributed by atoms with Gasteiger partial charge in [-0.15, -0.1) is 0 Å². The minimum Gasteiger partial charge on any atom is -0.378 e. The van der Waals surface area contributed by atoms with Crippen LogP contribution in [0.2, 0.25) is 0 Å². The molecular formula is C43H55F3N4O4. The van der Waals surface area contributed by atoms with Gasteiger partial charge in [0.15, 0.2) is 0 Å². The topological polar surface area (TPSA) is 87.8 Å². The Morgan fingerprint density at radius 2 is 1.67 bits per heavy atom. The maximum Gasteiger partial charge on any atom is 0.272 e. The number of nitrogens with zero attached hydrogens (tertiary/aromatic N) is 3. The number of ether oxygens (including phenoxy) is 2. The number of carbonyl (C=O) groups excluding carboxylic acids is 1. The number of aromatic amines is 1. The molecule has 1 aliphatic heterocycles. The number of aromatic nitrogens is 2. The first-order chi connectivity index (χ1) is 25.9. The van der Waals surface area contributed by atoms with Gasteiger partial charge in [0.2, 0.25) is 5.92 Å². The fourth-order valence-corrected chi connectivity index (χ4v) is 11.6. The summed E-state index contributed by atoms with van der Waals surface area (Å²) in [5.41, 5.74) is 1.40. The van der Waals surface area contributed by atoms with Crippen LogP contribution in [0.1, 0.15) is 93.3 Å². The van der Waals surface area contributed by atoms with Crippen LogP contribution in [0.4, 0.5) is 13.2 Å². The molecule has 54 heavy (non-hydrogen) atoms. The molecule has 11 heteroatoms. The van der Waals surface area contributed by atoms with Gasteiger partial charge in [0, 0.05) is 57.4 Å². The van der Waals surface area contributed by atoms with Crippen molar-refractivity contribution >= 4 is 16.7 Å². The van der Waals surface area contributed by atoms with E-state index < -0.39 is 11.7 Å². The van der Waals surface area contributed by atoms with E-state index in [0.717, 1.165) is 49.6 Å². The van der Waals surface area contributed by atoms with Gasteiger partial charge in [0.25, 0.3) is 11.5 Å². The monoisotopic (exact) mass is 748 g/mol. The van der Waals surface area contributed by atoms with Gasteiger partial charge in [0.05, 0.1) is 42.6 Å². The van der Waals surface area contributed by atoms with E-state index in [4.69, 9.17) is 9.47 Å². The Hall–Kier alpha value is -3.28. The van der Waals surface area contributed by atoms with Crippen molar-refractivity contribution in [3.05, 3.63) is 75.5 Å². The van der Waals surface area contributed by atoms with Crippen molar-refractivity contribution in [1.82, 2.24) is 20.0 Å². The van der Waals surface area contributed by atoms with E-state index in [1.165, 1.54) is 12.5 Å². The van der Waals surface area contributed by atoms with E-state index in [1.54, 1.807) is 29.2 Å². The highest BCUT2D eigenvalue weighted by atomic mass is 19.3. The first-order valence-corrected chi connectivity index (χ1v) is 20.3. The van der Waals surface area contributed by atoms with Crippen LogP contribution in [0.15, 0.2) is 47.3 Å². The molecule has 7 atom stereocenters. The Kier molecular flexibility index (Phi) is 10.4. The smallest absolute Gasteiger partial charge is 0.272 e. The molecule has 5 aliphatic rings. The summed E-state index contributed by atoms with van der Waals surface area (Å²) in [4.78, 5) is 29.6. The standard InChI is InChI=1S/C43H55F3N4O4/c1-41-15-16-43(45,46)27-29(41)8-9-32-34-10-12-38(42(34,2)14-13-35(32)41)54-24-23-53-22-21-49-17-19-50(20-18-49)40(52)33-25-28(7-11-36(33)44)26-37-30-5-3-4-6-31(30)39(51)48-47-37/h3-7,11,25,29,32,34-35,38H,8-10,12-24,26-27H2,1-2H3,(H,48,51)/t29-,32-,34-,35-,38-,41?,42-/m1/s1. The zero-order valence-electron chi connectivity index (χ0n) is 31.8. The first-order valence-electron chi connectivity index (χ1n) is 20.3. The summed E-state index contributed by atoms with van der Waals surface area (Å²) in [6, 6.07) is 11.8. The van der Waals surface area contributed by atoms with Gasteiger partial charge in [-0.25, -0.2) is 18.3 Å². The normalized spacial score (nSPS) is 32.2. The van der Waals surface area contributed by atoms with Gasteiger partial charge in [-0.05, 0) is 103 Å². The third kappa shape index (κ3) is 7.13. The van der Waals surface area contributed by atoms with Crippen molar-refractivity contribution in [3.8, 4) is 0 Å². The second-order valence-corrected chi connectivity index (χ2v) is 17.5. The van der Waals surface area contributed by atoms with E-state index in [1.807, 2.05) is 12.1 Å². The molecule has 2 aromatic carbocycles. The summed E-state index contributed by atoms with van der Waals surface area (Å²) in [7, 11) is 0. The van der Waals surface area contributed by atoms with Crippen molar-refractivity contribution in [1.29, 1.82) is 0 Å². The molecule has 1 N–H and O–H groups in total. The van der Waals surface area contributed by atoms with E-state index in [-0.39, 0.29) is 52.7 Å². The molecule has 4 aliphatic carbocycles. The minimum absolute atomic E-state index is 0.0479. The number of halogens is 3.